The van der Waals surface area contributed by atoms with Crippen molar-refractivity contribution in [2.75, 3.05) is 0 Å². The van der Waals surface area contributed by atoms with Gasteiger partial charge in [0, 0.05) is 5.56 Å². The highest BCUT2D eigenvalue weighted by Gasteiger charge is 2.50. The summed E-state index contributed by atoms with van der Waals surface area (Å²) in [5.41, 5.74) is 2.30. The molecule has 1 N–H and O–H groups in total. The van der Waals surface area contributed by atoms with Gasteiger partial charge in [0.15, 0.2) is 0 Å². The first-order chi connectivity index (χ1) is 13.2. The van der Waals surface area contributed by atoms with E-state index < -0.39 is 29.9 Å². The van der Waals surface area contributed by atoms with E-state index in [1.165, 1.54) is 35.0 Å². The van der Waals surface area contributed by atoms with Gasteiger partial charge in [0.1, 0.15) is 11.9 Å². The molecule has 1 aliphatic rings. The number of nitrogens with zero attached hydrogens (tertiary/aromatic N) is 3. The molecule has 146 valence electrons. The lowest BCUT2D eigenvalue weighted by Gasteiger charge is -2.20. The zero-order valence-electron chi connectivity index (χ0n) is 14.8. The molecule has 1 fully saturated rings. The number of nitrogens with one attached hydrogen (secondary N) is 1. The number of rotatable bonds is 4. The number of aryl methyl sites for hydroxylation is 1. The maximum atomic E-state index is 13.2. The van der Waals surface area contributed by atoms with Gasteiger partial charge in [0.05, 0.1) is 17.4 Å². The molecule has 28 heavy (non-hydrogen) atoms. The van der Waals surface area contributed by atoms with E-state index in [0.717, 1.165) is 5.56 Å². The molecule has 0 radical (unpaired) electrons. The molecular weight excluding hydrogens is 376 g/mol. The van der Waals surface area contributed by atoms with E-state index in [-0.39, 0.29) is 5.82 Å². The molecule has 1 aromatic carbocycles. The van der Waals surface area contributed by atoms with Crippen LogP contribution in [0.4, 0.5) is 17.6 Å². The number of carbonyl (C=O) groups is 1. The van der Waals surface area contributed by atoms with Crippen LogP contribution in [0.3, 0.4) is 0 Å². The SMILES string of the molecule is Cc1cc(-c2ccc(F)cc2)nn2c(C(=O)NC(C3CC3)C(F)(F)F)ncc12. The maximum absolute atomic E-state index is 13.2. The molecule has 3 aromatic rings. The molecule has 0 spiro atoms. The smallest absolute Gasteiger partial charge is 0.337 e. The lowest BCUT2D eigenvalue weighted by Crippen LogP contribution is -2.47. The van der Waals surface area contributed by atoms with Crippen molar-refractivity contribution in [3.05, 3.63) is 53.7 Å². The second kappa shape index (κ2) is 6.57. The molecule has 1 saturated carbocycles. The molecule has 0 bridgehead atoms. The van der Waals surface area contributed by atoms with Gasteiger partial charge in [-0.15, -0.1) is 0 Å². The predicted octanol–water partition coefficient (Wildman–Crippen LogP) is 3.91. The van der Waals surface area contributed by atoms with E-state index >= 15 is 0 Å². The minimum atomic E-state index is -4.52. The van der Waals surface area contributed by atoms with Crippen LogP contribution in [0.25, 0.3) is 16.8 Å². The summed E-state index contributed by atoms with van der Waals surface area (Å²) in [4.78, 5) is 16.5. The highest BCUT2D eigenvalue weighted by molar-refractivity contribution is 5.92. The Bertz CT molecular complexity index is 1040. The van der Waals surface area contributed by atoms with E-state index in [0.29, 0.717) is 29.6 Å². The number of imidazole rings is 1. The Morgan fingerprint density at radius 2 is 1.93 bits per heavy atom. The second-order valence-corrected chi connectivity index (χ2v) is 6.93. The van der Waals surface area contributed by atoms with Crippen molar-refractivity contribution in [1.82, 2.24) is 19.9 Å². The molecule has 2 heterocycles. The first-order valence-corrected chi connectivity index (χ1v) is 8.73. The number of alkyl halides is 3. The number of benzene rings is 1. The minimum Gasteiger partial charge on any atom is -0.337 e. The molecular formula is C19H16F4N4O. The Morgan fingerprint density at radius 1 is 1.25 bits per heavy atom. The highest BCUT2D eigenvalue weighted by atomic mass is 19.4. The van der Waals surface area contributed by atoms with Crippen LogP contribution in [0.2, 0.25) is 0 Å². The van der Waals surface area contributed by atoms with E-state index in [1.54, 1.807) is 13.0 Å². The van der Waals surface area contributed by atoms with Gasteiger partial charge in [0.2, 0.25) is 5.82 Å². The first-order valence-electron chi connectivity index (χ1n) is 8.73. The molecule has 1 amide bonds. The van der Waals surface area contributed by atoms with Crippen LogP contribution < -0.4 is 5.32 Å². The second-order valence-electron chi connectivity index (χ2n) is 6.93. The number of carbonyl (C=O) groups excluding carboxylic acids is 1. The summed E-state index contributed by atoms with van der Waals surface area (Å²) in [7, 11) is 0. The molecule has 4 rings (SSSR count). The molecule has 2 aromatic heterocycles. The third-order valence-electron chi connectivity index (χ3n) is 4.78. The topological polar surface area (TPSA) is 59.3 Å². The van der Waals surface area contributed by atoms with E-state index in [9.17, 15) is 22.4 Å². The van der Waals surface area contributed by atoms with Crippen molar-refractivity contribution in [2.45, 2.75) is 32.0 Å². The van der Waals surface area contributed by atoms with Gasteiger partial charge in [-0.3, -0.25) is 4.79 Å². The van der Waals surface area contributed by atoms with Gasteiger partial charge in [0.25, 0.3) is 5.91 Å². The highest BCUT2D eigenvalue weighted by Crippen LogP contribution is 2.40. The van der Waals surface area contributed by atoms with Crippen LogP contribution in [-0.2, 0) is 0 Å². The van der Waals surface area contributed by atoms with Crippen LogP contribution in [-0.4, -0.2) is 32.7 Å². The average molecular weight is 392 g/mol. The van der Waals surface area contributed by atoms with Gasteiger partial charge in [-0.05, 0) is 61.6 Å². The Labute approximate surface area is 157 Å². The summed E-state index contributed by atoms with van der Waals surface area (Å²) in [5.74, 6) is -2.16. The molecule has 5 nitrogen and oxygen atoms in total. The third kappa shape index (κ3) is 3.44. The molecule has 9 heteroatoms. The molecule has 1 unspecified atom stereocenters. The first kappa shape index (κ1) is 18.4. The fourth-order valence-corrected chi connectivity index (χ4v) is 3.15. The largest absolute Gasteiger partial charge is 0.408 e. The summed E-state index contributed by atoms with van der Waals surface area (Å²) in [6, 6.07) is 5.48. The fourth-order valence-electron chi connectivity index (χ4n) is 3.15. The van der Waals surface area contributed by atoms with Crippen LogP contribution in [0.1, 0.15) is 29.0 Å². The zero-order chi connectivity index (χ0) is 20.1. The van der Waals surface area contributed by atoms with Crippen molar-refractivity contribution in [1.29, 1.82) is 0 Å². The van der Waals surface area contributed by atoms with Gasteiger partial charge < -0.3 is 5.32 Å². The summed E-state index contributed by atoms with van der Waals surface area (Å²) >= 11 is 0. The number of fused-ring (bicyclic) bond motifs is 1. The summed E-state index contributed by atoms with van der Waals surface area (Å²) < 4.78 is 54.1. The van der Waals surface area contributed by atoms with Crippen molar-refractivity contribution in [3.8, 4) is 11.3 Å². The molecule has 0 aliphatic heterocycles. The summed E-state index contributed by atoms with van der Waals surface area (Å²) in [5, 5.41) is 6.40. The zero-order valence-corrected chi connectivity index (χ0v) is 14.8. The average Bonchev–Trinajstić information content (AvgIpc) is 3.37. The van der Waals surface area contributed by atoms with E-state index in [4.69, 9.17) is 0 Å². The van der Waals surface area contributed by atoms with Crippen LogP contribution in [0.5, 0.6) is 0 Å². The van der Waals surface area contributed by atoms with Crippen molar-refractivity contribution in [3.63, 3.8) is 0 Å². The quantitative estimate of drug-likeness (QED) is 0.685. The van der Waals surface area contributed by atoms with E-state index in [1.807, 2.05) is 0 Å². The van der Waals surface area contributed by atoms with Gasteiger partial charge in [-0.25, -0.2) is 13.9 Å². The molecule has 1 aliphatic carbocycles. The third-order valence-corrected chi connectivity index (χ3v) is 4.78. The molecule has 1 atom stereocenters. The minimum absolute atomic E-state index is 0.225. The van der Waals surface area contributed by atoms with Crippen LogP contribution in [0.15, 0.2) is 36.5 Å². The van der Waals surface area contributed by atoms with Crippen LogP contribution >= 0.6 is 0 Å². The monoisotopic (exact) mass is 392 g/mol. The van der Waals surface area contributed by atoms with E-state index in [2.05, 4.69) is 15.4 Å². The van der Waals surface area contributed by atoms with Gasteiger partial charge in [-0.1, -0.05) is 0 Å². The number of hydrogen-bond donors (Lipinski definition) is 1. The Balaban J connectivity index is 1.71. The van der Waals surface area contributed by atoms with Crippen molar-refractivity contribution >= 4 is 11.4 Å². The van der Waals surface area contributed by atoms with Gasteiger partial charge >= 0.3 is 6.18 Å². The maximum Gasteiger partial charge on any atom is 0.408 e. The normalized spacial score (nSPS) is 15.6. The van der Waals surface area contributed by atoms with Crippen molar-refractivity contribution in [2.24, 2.45) is 5.92 Å². The Kier molecular flexibility index (Phi) is 4.32. The number of halogens is 4. The van der Waals surface area contributed by atoms with Crippen molar-refractivity contribution < 1.29 is 22.4 Å². The number of aromatic nitrogens is 3. The van der Waals surface area contributed by atoms with Crippen LogP contribution in [0, 0.1) is 18.7 Å². The Morgan fingerprint density at radius 3 is 2.54 bits per heavy atom. The number of amides is 1. The molecule has 0 saturated heterocycles. The summed E-state index contributed by atoms with van der Waals surface area (Å²) in [6.07, 6.45) is -2.27. The lowest BCUT2D eigenvalue weighted by molar-refractivity contribution is -0.158. The Hall–Kier alpha value is -2.97. The summed E-state index contributed by atoms with van der Waals surface area (Å²) in [6.45, 7) is 1.77. The standard InChI is InChI=1S/C19H16F4N4O/c1-10-8-14(11-4-6-13(20)7-5-11)26-27-15(10)9-24-17(27)18(28)25-16(12-2-3-12)19(21,22)23/h4-9,12,16H,2-3H2,1H3,(H,25,28). The fraction of sp³-hybridized carbons (Fsp3) is 0.316. The lowest BCUT2D eigenvalue weighted by atomic mass is 10.1. The number of hydrogen-bond acceptors (Lipinski definition) is 3. The van der Waals surface area contributed by atoms with Gasteiger partial charge in [-0.2, -0.15) is 18.3 Å². The predicted molar refractivity (Wildman–Crippen MR) is 93.2 cm³/mol.